The number of hydrogen-bond acceptors (Lipinski definition) is 5. The van der Waals surface area contributed by atoms with Crippen LogP contribution in [0.15, 0.2) is 22.6 Å². The smallest absolute Gasteiger partial charge is 0.298 e. The monoisotopic (exact) mass is 246 g/mol. The second-order valence-corrected chi connectivity index (χ2v) is 5.04. The summed E-state index contributed by atoms with van der Waals surface area (Å²) >= 11 is 0. The lowest BCUT2D eigenvalue weighted by molar-refractivity contribution is 0.315. The number of nitrogens with two attached hydrogens (primary N) is 1. The summed E-state index contributed by atoms with van der Waals surface area (Å²) in [6.45, 7) is 1.94. The third-order valence-electron chi connectivity index (χ3n) is 3.60. The number of anilines is 2. The predicted molar refractivity (Wildman–Crippen MR) is 72.7 cm³/mol. The van der Waals surface area contributed by atoms with E-state index in [0.29, 0.717) is 17.7 Å². The SMILES string of the molecule is CN(C)C1CCN(c2nc3c(N)cccc3o2)C1. The van der Waals surface area contributed by atoms with Crippen LogP contribution >= 0.6 is 0 Å². The Morgan fingerprint density at radius 2 is 2.28 bits per heavy atom. The Morgan fingerprint density at radius 3 is 2.94 bits per heavy atom. The molecule has 1 saturated heterocycles. The van der Waals surface area contributed by atoms with E-state index >= 15 is 0 Å². The Hall–Kier alpha value is -1.75. The van der Waals surface area contributed by atoms with E-state index in [1.807, 2.05) is 18.2 Å². The van der Waals surface area contributed by atoms with Crippen molar-refractivity contribution in [2.24, 2.45) is 0 Å². The van der Waals surface area contributed by atoms with Crippen molar-refractivity contribution in [1.82, 2.24) is 9.88 Å². The number of nitrogens with zero attached hydrogens (tertiary/aromatic N) is 3. The molecular formula is C13H18N4O. The maximum absolute atomic E-state index is 5.89. The Balaban J connectivity index is 1.89. The van der Waals surface area contributed by atoms with Crippen LogP contribution in [0.3, 0.4) is 0 Å². The van der Waals surface area contributed by atoms with Gasteiger partial charge in [0.2, 0.25) is 0 Å². The molecule has 1 aliphatic heterocycles. The largest absolute Gasteiger partial charge is 0.423 e. The van der Waals surface area contributed by atoms with Crippen LogP contribution in [0.1, 0.15) is 6.42 Å². The first kappa shape index (κ1) is 11.3. The third-order valence-corrected chi connectivity index (χ3v) is 3.60. The van der Waals surface area contributed by atoms with Crippen LogP contribution in [0.5, 0.6) is 0 Å². The van der Waals surface area contributed by atoms with Crippen LogP contribution in [0.2, 0.25) is 0 Å². The van der Waals surface area contributed by atoms with Gasteiger partial charge in [0.1, 0.15) is 5.52 Å². The molecule has 1 unspecified atom stereocenters. The predicted octanol–water partition coefficient (Wildman–Crippen LogP) is 1.55. The molecule has 1 fully saturated rings. The highest BCUT2D eigenvalue weighted by Crippen LogP contribution is 2.28. The summed E-state index contributed by atoms with van der Waals surface area (Å²) in [5, 5.41) is 0. The molecule has 3 rings (SSSR count). The van der Waals surface area contributed by atoms with Crippen molar-refractivity contribution >= 4 is 22.8 Å². The average molecular weight is 246 g/mol. The fourth-order valence-electron chi connectivity index (χ4n) is 2.43. The molecule has 0 bridgehead atoms. The molecule has 0 spiro atoms. The number of fused-ring (bicyclic) bond motifs is 1. The lowest BCUT2D eigenvalue weighted by atomic mass is 10.2. The Morgan fingerprint density at radius 1 is 1.44 bits per heavy atom. The van der Waals surface area contributed by atoms with E-state index < -0.39 is 0 Å². The molecule has 0 saturated carbocycles. The van der Waals surface area contributed by atoms with Gasteiger partial charge in [0.25, 0.3) is 6.01 Å². The van der Waals surface area contributed by atoms with E-state index in [1.54, 1.807) is 0 Å². The number of hydrogen-bond donors (Lipinski definition) is 1. The number of oxazole rings is 1. The molecule has 96 valence electrons. The van der Waals surface area contributed by atoms with E-state index in [-0.39, 0.29) is 0 Å². The van der Waals surface area contributed by atoms with Gasteiger partial charge < -0.3 is 20.0 Å². The van der Waals surface area contributed by atoms with Crippen LogP contribution in [-0.2, 0) is 0 Å². The van der Waals surface area contributed by atoms with Crippen molar-refractivity contribution in [3.63, 3.8) is 0 Å². The molecule has 1 aromatic heterocycles. The van der Waals surface area contributed by atoms with Gasteiger partial charge in [-0.1, -0.05) is 6.07 Å². The van der Waals surface area contributed by atoms with Crippen LogP contribution in [0.25, 0.3) is 11.1 Å². The molecule has 18 heavy (non-hydrogen) atoms. The Kier molecular flexibility index (Phi) is 2.63. The van der Waals surface area contributed by atoms with Crippen LogP contribution in [0, 0.1) is 0 Å². The quantitative estimate of drug-likeness (QED) is 0.815. The lowest BCUT2D eigenvalue weighted by Crippen LogP contribution is -2.31. The number of nitrogen functional groups attached to an aromatic ring is 1. The first-order valence-corrected chi connectivity index (χ1v) is 6.21. The number of likely N-dealkylation sites (N-methyl/N-ethyl adjacent to an activating group) is 1. The van der Waals surface area contributed by atoms with Gasteiger partial charge in [-0.15, -0.1) is 0 Å². The van der Waals surface area contributed by atoms with E-state index in [2.05, 4.69) is 28.9 Å². The molecule has 5 nitrogen and oxygen atoms in total. The lowest BCUT2D eigenvalue weighted by Gasteiger charge is -2.19. The number of para-hydroxylation sites is 1. The van der Waals surface area contributed by atoms with Gasteiger partial charge in [-0.25, -0.2) is 0 Å². The van der Waals surface area contributed by atoms with E-state index in [4.69, 9.17) is 10.2 Å². The first-order chi connectivity index (χ1) is 8.65. The summed E-state index contributed by atoms with van der Waals surface area (Å²) in [5.41, 5.74) is 8.09. The van der Waals surface area contributed by atoms with E-state index in [9.17, 15) is 0 Å². The number of aromatic nitrogens is 1. The normalized spacial score (nSPS) is 20.2. The summed E-state index contributed by atoms with van der Waals surface area (Å²) in [6.07, 6.45) is 1.14. The fraction of sp³-hybridized carbons (Fsp3) is 0.462. The maximum atomic E-state index is 5.89. The van der Waals surface area contributed by atoms with Gasteiger partial charge >= 0.3 is 0 Å². The summed E-state index contributed by atoms with van der Waals surface area (Å²) < 4.78 is 5.78. The molecule has 1 aliphatic rings. The highest BCUT2D eigenvalue weighted by atomic mass is 16.4. The number of benzene rings is 1. The van der Waals surface area contributed by atoms with Gasteiger partial charge in [0.05, 0.1) is 5.69 Å². The molecule has 5 heteroatoms. The van der Waals surface area contributed by atoms with E-state index in [0.717, 1.165) is 30.6 Å². The second kappa shape index (κ2) is 4.17. The standard InChI is InChI=1S/C13H18N4O/c1-16(2)9-6-7-17(8-9)13-15-12-10(14)4-3-5-11(12)18-13/h3-5,9H,6-8,14H2,1-2H3. The van der Waals surface area contributed by atoms with Crippen molar-refractivity contribution in [2.75, 3.05) is 37.8 Å². The van der Waals surface area contributed by atoms with Gasteiger partial charge in [-0.05, 0) is 32.6 Å². The number of rotatable bonds is 2. The fourth-order valence-corrected chi connectivity index (χ4v) is 2.43. The zero-order valence-corrected chi connectivity index (χ0v) is 10.8. The summed E-state index contributed by atoms with van der Waals surface area (Å²) in [4.78, 5) is 8.94. The minimum atomic E-state index is 0.567. The first-order valence-electron chi connectivity index (χ1n) is 6.21. The van der Waals surface area contributed by atoms with Crippen molar-refractivity contribution < 1.29 is 4.42 Å². The molecule has 0 amide bonds. The zero-order chi connectivity index (χ0) is 12.7. The van der Waals surface area contributed by atoms with Gasteiger partial charge in [-0.2, -0.15) is 4.98 Å². The highest BCUT2D eigenvalue weighted by Gasteiger charge is 2.27. The topological polar surface area (TPSA) is 58.5 Å². The molecule has 1 aromatic carbocycles. The molecular weight excluding hydrogens is 228 g/mol. The zero-order valence-electron chi connectivity index (χ0n) is 10.8. The van der Waals surface area contributed by atoms with Crippen LogP contribution < -0.4 is 10.6 Å². The third kappa shape index (κ3) is 1.80. The van der Waals surface area contributed by atoms with Gasteiger partial charge in [0.15, 0.2) is 5.58 Å². The minimum Gasteiger partial charge on any atom is -0.423 e. The summed E-state index contributed by atoms with van der Waals surface area (Å²) in [6, 6.07) is 6.90. The van der Waals surface area contributed by atoms with Gasteiger partial charge in [0, 0.05) is 19.1 Å². The van der Waals surface area contributed by atoms with Crippen molar-refractivity contribution in [3.8, 4) is 0 Å². The Labute approximate surface area is 106 Å². The highest BCUT2D eigenvalue weighted by molar-refractivity contribution is 5.86. The minimum absolute atomic E-state index is 0.567. The van der Waals surface area contributed by atoms with Crippen molar-refractivity contribution in [2.45, 2.75) is 12.5 Å². The van der Waals surface area contributed by atoms with Crippen LogP contribution in [0.4, 0.5) is 11.7 Å². The van der Waals surface area contributed by atoms with E-state index in [1.165, 1.54) is 0 Å². The molecule has 2 heterocycles. The second-order valence-electron chi connectivity index (χ2n) is 5.04. The molecule has 2 aromatic rings. The van der Waals surface area contributed by atoms with Gasteiger partial charge in [-0.3, -0.25) is 0 Å². The molecule has 1 atom stereocenters. The molecule has 0 aliphatic carbocycles. The van der Waals surface area contributed by atoms with Crippen LogP contribution in [-0.4, -0.2) is 43.1 Å². The van der Waals surface area contributed by atoms with Crippen molar-refractivity contribution in [1.29, 1.82) is 0 Å². The Bertz CT molecular complexity index is 563. The summed E-state index contributed by atoms with van der Waals surface area (Å²) in [7, 11) is 4.22. The van der Waals surface area contributed by atoms with Crippen molar-refractivity contribution in [3.05, 3.63) is 18.2 Å². The molecule has 0 radical (unpaired) electrons. The average Bonchev–Trinajstić information content (AvgIpc) is 2.95. The summed E-state index contributed by atoms with van der Waals surface area (Å²) in [5.74, 6) is 0. The maximum Gasteiger partial charge on any atom is 0.298 e. The molecule has 2 N–H and O–H groups in total.